The van der Waals surface area contributed by atoms with Crippen LogP contribution in [0.2, 0.25) is 5.02 Å². The molecule has 3 aromatic rings. The van der Waals surface area contributed by atoms with Crippen molar-refractivity contribution in [2.24, 2.45) is 0 Å². The average molecular weight is 386 g/mol. The number of rotatable bonds is 3. The van der Waals surface area contributed by atoms with Gasteiger partial charge < -0.3 is 5.32 Å². The highest BCUT2D eigenvalue weighted by Crippen LogP contribution is 2.38. The molecule has 138 valence electrons. The molecule has 2 heterocycles. The van der Waals surface area contributed by atoms with Crippen molar-refractivity contribution in [3.8, 4) is 0 Å². The highest BCUT2D eigenvalue weighted by molar-refractivity contribution is 6.30. The fraction of sp³-hybridized carbons (Fsp3) is 0.211. The lowest BCUT2D eigenvalue weighted by molar-refractivity contribution is -0.114. The normalized spacial score (nSPS) is 18.5. The second kappa shape index (κ2) is 7.00. The highest BCUT2D eigenvalue weighted by Gasteiger charge is 2.31. The number of amides is 1. The van der Waals surface area contributed by atoms with Crippen molar-refractivity contribution in [1.82, 2.24) is 14.8 Å². The standard InChI is InChI=1S/C19H17ClFN5O/c1-11(27)22-18-24-19-23-16(12-2-6-14(20)7-3-12)10-17(26(19)25-18)13-4-8-15(21)9-5-13/h2-9,16-17H,10H2,1H3,(H2,22,23,24,25,27)/t16-,17-/m0/s1. The number of hydrogen-bond donors (Lipinski definition) is 2. The largest absolute Gasteiger partial charge is 0.347 e. The van der Waals surface area contributed by atoms with Gasteiger partial charge in [-0.2, -0.15) is 4.98 Å². The molecule has 6 nitrogen and oxygen atoms in total. The number of fused-ring (bicyclic) bond motifs is 1. The van der Waals surface area contributed by atoms with E-state index in [2.05, 4.69) is 20.7 Å². The third kappa shape index (κ3) is 3.64. The average Bonchev–Trinajstić information content (AvgIpc) is 3.03. The van der Waals surface area contributed by atoms with Crippen molar-refractivity contribution in [1.29, 1.82) is 0 Å². The minimum Gasteiger partial charge on any atom is -0.347 e. The van der Waals surface area contributed by atoms with E-state index < -0.39 is 0 Å². The van der Waals surface area contributed by atoms with Gasteiger partial charge in [0.15, 0.2) is 0 Å². The van der Waals surface area contributed by atoms with Crippen LogP contribution < -0.4 is 10.6 Å². The summed E-state index contributed by atoms with van der Waals surface area (Å²) >= 11 is 6.00. The van der Waals surface area contributed by atoms with Crippen molar-refractivity contribution in [2.75, 3.05) is 10.6 Å². The molecule has 2 aromatic carbocycles. The van der Waals surface area contributed by atoms with Crippen LogP contribution in [0.4, 0.5) is 16.3 Å². The maximum Gasteiger partial charge on any atom is 0.250 e. The van der Waals surface area contributed by atoms with Crippen LogP contribution >= 0.6 is 11.6 Å². The fourth-order valence-electron chi connectivity index (χ4n) is 3.26. The molecule has 0 aliphatic carbocycles. The quantitative estimate of drug-likeness (QED) is 0.709. The van der Waals surface area contributed by atoms with E-state index in [0.717, 1.165) is 11.1 Å². The summed E-state index contributed by atoms with van der Waals surface area (Å²) in [6.07, 6.45) is 0.684. The Morgan fingerprint density at radius 3 is 2.52 bits per heavy atom. The number of carbonyl (C=O) groups excluding carboxylic acids is 1. The monoisotopic (exact) mass is 385 g/mol. The molecule has 27 heavy (non-hydrogen) atoms. The third-order valence-corrected chi connectivity index (χ3v) is 4.76. The Morgan fingerprint density at radius 1 is 1.19 bits per heavy atom. The van der Waals surface area contributed by atoms with E-state index in [4.69, 9.17) is 11.6 Å². The number of carbonyl (C=O) groups is 1. The summed E-state index contributed by atoms with van der Waals surface area (Å²) in [6.45, 7) is 1.40. The summed E-state index contributed by atoms with van der Waals surface area (Å²) in [5.41, 5.74) is 1.97. The van der Waals surface area contributed by atoms with Gasteiger partial charge in [0.1, 0.15) is 5.82 Å². The van der Waals surface area contributed by atoms with Crippen molar-refractivity contribution < 1.29 is 9.18 Å². The second-order valence-corrected chi connectivity index (χ2v) is 6.87. The maximum atomic E-state index is 13.4. The van der Waals surface area contributed by atoms with Crippen LogP contribution in [0, 0.1) is 5.82 Å². The van der Waals surface area contributed by atoms with Crippen LogP contribution in [0.15, 0.2) is 48.5 Å². The predicted molar refractivity (Wildman–Crippen MR) is 101 cm³/mol. The molecule has 1 aliphatic heterocycles. The van der Waals surface area contributed by atoms with Gasteiger partial charge in [-0.3, -0.25) is 10.1 Å². The topological polar surface area (TPSA) is 71.8 Å². The molecular formula is C19H17ClFN5O. The van der Waals surface area contributed by atoms with E-state index in [1.165, 1.54) is 19.1 Å². The molecule has 0 saturated heterocycles. The number of aromatic nitrogens is 3. The number of benzene rings is 2. The first-order chi connectivity index (χ1) is 13.0. The molecule has 0 spiro atoms. The molecular weight excluding hydrogens is 369 g/mol. The molecule has 0 fully saturated rings. The summed E-state index contributed by atoms with van der Waals surface area (Å²) in [5, 5.41) is 11.0. The zero-order valence-electron chi connectivity index (χ0n) is 14.5. The SMILES string of the molecule is CC(=O)Nc1nc2n(n1)[C@H](c1ccc(F)cc1)C[C@@H](c1ccc(Cl)cc1)N2. The van der Waals surface area contributed by atoms with E-state index in [-0.39, 0.29) is 29.8 Å². The van der Waals surface area contributed by atoms with Gasteiger partial charge >= 0.3 is 0 Å². The summed E-state index contributed by atoms with van der Waals surface area (Å²) in [4.78, 5) is 15.7. The fourth-order valence-corrected chi connectivity index (χ4v) is 3.39. The Balaban J connectivity index is 1.74. The van der Waals surface area contributed by atoms with Gasteiger partial charge in [0.25, 0.3) is 5.95 Å². The van der Waals surface area contributed by atoms with Crippen LogP contribution in [-0.4, -0.2) is 20.7 Å². The summed E-state index contributed by atoms with van der Waals surface area (Å²) < 4.78 is 15.1. The minimum atomic E-state index is -0.292. The zero-order valence-corrected chi connectivity index (χ0v) is 15.2. The van der Waals surface area contributed by atoms with Crippen LogP contribution in [0.1, 0.15) is 36.6 Å². The molecule has 2 atom stereocenters. The number of nitrogens with zero attached hydrogens (tertiary/aromatic N) is 3. The highest BCUT2D eigenvalue weighted by atomic mass is 35.5. The van der Waals surface area contributed by atoms with Gasteiger partial charge in [-0.1, -0.05) is 35.9 Å². The van der Waals surface area contributed by atoms with Gasteiger partial charge in [-0.15, -0.1) is 5.10 Å². The van der Waals surface area contributed by atoms with Crippen LogP contribution in [0.5, 0.6) is 0 Å². The Kier molecular flexibility index (Phi) is 4.53. The zero-order chi connectivity index (χ0) is 19.0. The Bertz CT molecular complexity index is 971. The molecule has 4 rings (SSSR count). The molecule has 0 radical (unpaired) electrons. The Hall–Kier alpha value is -2.93. The summed E-state index contributed by atoms with van der Waals surface area (Å²) in [5.74, 6) is 0.235. The lowest BCUT2D eigenvalue weighted by atomic mass is 9.93. The molecule has 0 saturated carbocycles. The molecule has 8 heteroatoms. The maximum absolute atomic E-state index is 13.4. The summed E-state index contributed by atoms with van der Waals surface area (Å²) in [7, 11) is 0. The lowest BCUT2D eigenvalue weighted by Gasteiger charge is -2.31. The van der Waals surface area contributed by atoms with Crippen molar-refractivity contribution >= 4 is 29.4 Å². The van der Waals surface area contributed by atoms with E-state index in [0.29, 0.717) is 17.4 Å². The number of halogens is 2. The van der Waals surface area contributed by atoms with Gasteiger partial charge in [0.2, 0.25) is 11.9 Å². The van der Waals surface area contributed by atoms with Gasteiger partial charge in [0, 0.05) is 11.9 Å². The van der Waals surface area contributed by atoms with Crippen molar-refractivity contribution in [3.63, 3.8) is 0 Å². The molecule has 1 amide bonds. The van der Waals surface area contributed by atoms with Crippen LogP contribution in [0.25, 0.3) is 0 Å². The molecule has 1 aromatic heterocycles. The van der Waals surface area contributed by atoms with E-state index >= 15 is 0 Å². The molecule has 1 aliphatic rings. The first-order valence-electron chi connectivity index (χ1n) is 8.51. The lowest BCUT2D eigenvalue weighted by Crippen LogP contribution is -2.28. The van der Waals surface area contributed by atoms with Crippen molar-refractivity contribution in [2.45, 2.75) is 25.4 Å². The molecule has 0 bridgehead atoms. The van der Waals surface area contributed by atoms with Crippen molar-refractivity contribution in [3.05, 3.63) is 70.5 Å². The smallest absolute Gasteiger partial charge is 0.250 e. The first-order valence-corrected chi connectivity index (χ1v) is 8.89. The van der Waals surface area contributed by atoms with Crippen LogP contribution in [-0.2, 0) is 4.79 Å². The van der Waals surface area contributed by atoms with E-state index in [9.17, 15) is 9.18 Å². The Labute approximate surface area is 160 Å². The number of anilines is 2. The minimum absolute atomic E-state index is 0.0285. The number of hydrogen-bond acceptors (Lipinski definition) is 4. The van der Waals surface area contributed by atoms with E-state index in [1.54, 1.807) is 16.8 Å². The number of nitrogens with one attached hydrogen (secondary N) is 2. The third-order valence-electron chi connectivity index (χ3n) is 4.50. The molecule has 2 N–H and O–H groups in total. The second-order valence-electron chi connectivity index (χ2n) is 6.44. The van der Waals surface area contributed by atoms with E-state index in [1.807, 2.05) is 24.3 Å². The van der Waals surface area contributed by atoms with Gasteiger partial charge in [-0.05, 0) is 41.8 Å². The summed E-state index contributed by atoms with van der Waals surface area (Å²) in [6, 6.07) is 13.8. The predicted octanol–water partition coefficient (Wildman–Crippen LogP) is 4.18. The van der Waals surface area contributed by atoms with Gasteiger partial charge in [0.05, 0.1) is 12.1 Å². The molecule has 0 unspecified atom stereocenters. The Morgan fingerprint density at radius 2 is 1.85 bits per heavy atom. The van der Waals surface area contributed by atoms with Crippen LogP contribution in [0.3, 0.4) is 0 Å². The van der Waals surface area contributed by atoms with Gasteiger partial charge in [-0.25, -0.2) is 9.07 Å². The first kappa shape index (κ1) is 17.5.